The van der Waals surface area contributed by atoms with Gasteiger partial charge in [0, 0.05) is 17.0 Å². The Bertz CT molecular complexity index is 1400. The predicted molar refractivity (Wildman–Crippen MR) is 135 cm³/mol. The van der Waals surface area contributed by atoms with Crippen LogP contribution in [0, 0.1) is 16.6 Å². The van der Waals surface area contributed by atoms with Crippen molar-refractivity contribution in [2.75, 3.05) is 6.54 Å². The summed E-state index contributed by atoms with van der Waals surface area (Å²) in [5.74, 6) is -1.46. The summed E-state index contributed by atoms with van der Waals surface area (Å²) in [5.41, 5.74) is 0.108. The summed E-state index contributed by atoms with van der Waals surface area (Å²) in [5, 5.41) is 10.3. The molecule has 0 aromatic heterocycles. The molecule has 2 aromatic rings. The zero-order valence-electron chi connectivity index (χ0n) is 20.4. The number of sulfone groups is 1. The monoisotopic (exact) mass is 545 g/mol. The number of rotatable bonds is 4. The highest BCUT2D eigenvalue weighted by Gasteiger charge is 2.64. The molecular weight excluding hydrogens is 517 g/mol. The van der Waals surface area contributed by atoms with Crippen molar-refractivity contribution >= 4 is 33.3 Å². The van der Waals surface area contributed by atoms with Crippen LogP contribution >= 0.6 is 11.6 Å². The van der Waals surface area contributed by atoms with Gasteiger partial charge in [0.2, 0.25) is 5.91 Å². The quantitative estimate of drug-likeness (QED) is 0.575. The lowest BCUT2D eigenvalue weighted by Gasteiger charge is -2.52. The largest absolute Gasteiger partial charge is 0.481 e. The molecule has 2 bridgehead atoms. The van der Waals surface area contributed by atoms with Crippen LogP contribution in [0.4, 0.5) is 4.39 Å². The first-order valence-corrected chi connectivity index (χ1v) is 14.7. The Hall–Kier alpha value is -2.45. The van der Waals surface area contributed by atoms with Gasteiger partial charge in [-0.05, 0) is 99.2 Å². The van der Waals surface area contributed by atoms with Gasteiger partial charge in [0.15, 0.2) is 9.84 Å². The normalized spacial score (nSPS) is 32.6. The van der Waals surface area contributed by atoms with Crippen molar-refractivity contribution in [3.63, 3.8) is 0 Å². The van der Waals surface area contributed by atoms with Crippen molar-refractivity contribution in [3.8, 4) is 0 Å². The van der Waals surface area contributed by atoms with E-state index in [-0.39, 0.29) is 23.8 Å². The maximum Gasteiger partial charge on any atom is 0.309 e. The Morgan fingerprint density at radius 2 is 1.65 bits per heavy atom. The van der Waals surface area contributed by atoms with E-state index in [1.165, 1.54) is 18.2 Å². The average molecular weight is 546 g/mol. The van der Waals surface area contributed by atoms with Gasteiger partial charge in [0.05, 0.1) is 16.4 Å². The third-order valence-electron chi connectivity index (χ3n) is 9.85. The van der Waals surface area contributed by atoms with Gasteiger partial charge in [-0.25, -0.2) is 12.8 Å². The van der Waals surface area contributed by atoms with E-state index in [1.807, 2.05) is 0 Å². The van der Waals surface area contributed by atoms with Crippen LogP contribution in [0.1, 0.15) is 62.5 Å². The van der Waals surface area contributed by atoms with Crippen molar-refractivity contribution in [1.82, 2.24) is 4.90 Å². The molecule has 0 radical (unpaired) electrons. The molecule has 9 heteroatoms. The number of halogens is 2. The summed E-state index contributed by atoms with van der Waals surface area (Å²) in [6.45, 7) is 0.284. The van der Waals surface area contributed by atoms with E-state index in [4.69, 9.17) is 11.6 Å². The summed E-state index contributed by atoms with van der Waals surface area (Å²) in [6.07, 6.45) is 4.21. The number of benzene rings is 2. The van der Waals surface area contributed by atoms with Crippen LogP contribution in [0.25, 0.3) is 0 Å². The minimum Gasteiger partial charge on any atom is -0.481 e. The lowest BCUT2D eigenvalue weighted by molar-refractivity contribution is -0.167. The van der Waals surface area contributed by atoms with Crippen molar-refractivity contribution in [2.24, 2.45) is 10.8 Å². The first-order chi connectivity index (χ1) is 17.5. The summed E-state index contributed by atoms with van der Waals surface area (Å²) in [7, 11) is -4.10. The summed E-state index contributed by atoms with van der Waals surface area (Å²) >= 11 is 6.27. The van der Waals surface area contributed by atoms with Crippen LogP contribution in [0.3, 0.4) is 0 Å². The fraction of sp³-hybridized carbons (Fsp3) is 0.500. The fourth-order valence-corrected chi connectivity index (χ4v) is 10.3. The number of carbonyl (C=O) groups is 2. The number of carbonyl (C=O) groups excluding carboxylic acids is 1. The number of amides is 1. The third kappa shape index (κ3) is 3.37. The van der Waals surface area contributed by atoms with Crippen LogP contribution in [0.2, 0.25) is 5.02 Å². The van der Waals surface area contributed by atoms with Crippen LogP contribution in [-0.4, -0.2) is 42.9 Å². The molecule has 196 valence electrons. The van der Waals surface area contributed by atoms with Crippen molar-refractivity contribution in [1.29, 1.82) is 0 Å². The second-order valence-electron chi connectivity index (χ2n) is 11.3. The number of aliphatic carboxylic acids is 1. The zero-order valence-corrected chi connectivity index (χ0v) is 22.0. The first-order valence-electron chi connectivity index (χ1n) is 12.9. The Morgan fingerprint density at radius 3 is 2.30 bits per heavy atom. The topological polar surface area (TPSA) is 91.8 Å². The predicted octanol–water partition coefficient (Wildman–Crippen LogP) is 5.12. The minimum absolute atomic E-state index is 0.0510. The second-order valence-corrected chi connectivity index (χ2v) is 14.0. The van der Waals surface area contributed by atoms with Gasteiger partial charge in [-0.1, -0.05) is 23.7 Å². The number of aryl methyl sites for hydroxylation is 1. The van der Waals surface area contributed by atoms with Crippen LogP contribution in [0.15, 0.2) is 47.4 Å². The molecule has 1 saturated heterocycles. The summed E-state index contributed by atoms with van der Waals surface area (Å²) in [4.78, 5) is 27.8. The van der Waals surface area contributed by atoms with Crippen LogP contribution < -0.4 is 0 Å². The molecule has 1 amide bonds. The van der Waals surface area contributed by atoms with E-state index in [0.29, 0.717) is 62.0 Å². The number of carboxylic acid groups (broad SMARTS) is 1. The Labute approximate surface area is 220 Å². The molecule has 2 aromatic carbocycles. The molecule has 3 saturated carbocycles. The Balaban J connectivity index is 1.43. The molecular formula is C28H29ClFNO5S. The molecule has 4 aliphatic carbocycles. The van der Waals surface area contributed by atoms with Gasteiger partial charge in [0.25, 0.3) is 0 Å². The fourth-order valence-electron chi connectivity index (χ4n) is 7.72. The Kier molecular flexibility index (Phi) is 5.56. The number of fused-ring (bicyclic) bond motifs is 6. The maximum atomic E-state index is 14.4. The molecule has 0 spiro atoms. The van der Waals surface area contributed by atoms with E-state index >= 15 is 0 Å². The Morgan fingerprint density at radius 1 is 0.973 bits per heavy atom. The van der Waals surface area contributed by atoms with E-state index in [2.05, 4.69) is 0 Å². The van der Waals surface area contributed by atoms with Crippen molar-refractivity contribution in [3.05, 3.63) is 64.4 Å². The molecule has 1 heterocycles. The van der Waals surface area contributed by atoms with E-state index in [0.717, 1.165) is 11.6 Å². The molecule has 2 atom stereocenters. The van der Waals surface area contributed by atoms with Crippen LogP contribution in [-0.2, 0) is 30.6 Å². The van der Waals surface area contributed by atoms with E-state index < -0.39 is 43.2 Å². The van der Waals surface area contributed by atoms with Gasteiger partial charge in [-0.2, -0.15) is 0 Å². The van der Waals surface area contributed by atoms with Gasteiger partial charge >= 0.3 is 5.97 Å². The standard InChI is InChI=1S/C28H29ClFNO5S/c29-19-5-6-22-18(16-19)4-7-23-28(22,37(35,36)21-3-1-2-20(30)17-21)14-15-31(23)24(32)26-8-11-27(12-9-26,13-10-26)25(33)34/h1-3,5-6,16-17,23H,4,7-15H2,(H,33,34). The highest BCUT2D eigenvalue weighted by Crippen LogP contribution is 2.60. The van der Waals surface area contributed by atoms with E-state index in [1.54, 1.807) is 23.1 Å². The highest BCUT2D eigenvalue weighted by atomic mass is 35.5. The summed E-state index contributed by atoms with van der Waals surface area (Å²) < 4.78 is 41.6. The van der Waals surface area contributed by atoms with Gasteiger partial charge < -0.3 is 10.0 Å². The molecule has 1 N–H and O–H groups in total. The lowest BCUT2D eigenvalue weighted by atomic mass is 9.53. The molecule has 4 fully saturated rings. The second kappa shape index (κ2) is 8.27. The molecule has 6 nitrogen and oxygen atoms in total. The lowest BCUT2D eigenvalue weighted by Crippen LogP contribution is -2.57. The van der Waals surface area contributed by atoms with E-state index in [9.17, 15) is 27.5 Å². The first kappa shape index (κ1) is 24.9. The number of nitrogens with zero attached hydrogens (tertiary/aromatic N) is 1. The van der Waals surface area contributed by atoms with Crippen molar-refractivity contribution in [2.45, 2.75) is 73.5 Å². The molecule has 37 heavy (non-hydrogen) atoms. The number of likely N-dealkylation sites (tertiary alicyclic amines) is 1. The maximum absolute atomic E-state index is 14.4. The van der Waals surface area contributed by atoms with Crippen LogP contribution in [0.5, 0.6) is 0 Å². The third-order valence-corrected chi connectivity index (χ3v) is 12.6. The van der Waals surface area contributed by atoms with Crippen molar-refractivity contribution < 1.29 is 27.5 Å². The van der Waals surface area contributed by atoms with Gasteiger partial charge in [-0.15, -0.1) is 0 Å². The molecule has 7 rings (SSSR count). The summed E-state index contributed by atoms with van der Waals surface area (Å²) in [6, 6.07) is 9.74. The SMILES string of the molecule is O=C(O)C12CCC(C(=O)N3CCC4(S(=O)(=O)c5cccc(F)c5)c5ccc(Cl)cc5CCC34)(CC1)CC2. The number of hydrogen-bond donors (Lipinski definition) is 1. The highest BCUT2D eigenvalue weighted by molar-refractivity contribution is 7.92. The molecule has 1 aliphatic heterocycles. The smallest absolute Gasteiger partial charge is 0.309 e. The molecule has 5 aliphatic rings. The van der Waals surface area contributed by atoms with Gasteiger partial charge in [0.1, 0.15) is 10.6 Å². The minimum atomic E-state index is -4.10. The average Bonchev–Trinajstić information content (AvgIpc) is 3.30. The molecule has 2 unspecified atom stereocenters. The number of carboxylic acids is 1. The number of hydrogen-bond acceptors (Lipinski definition) is 4. The van der Waals surface area contributed by atoms with Gasteiger partial charge in [-0.3, -0.25) is 9.59 Å². The zero-order chi connectivity index (χ0) is 26.2.